The van der Waals surface area contributed by atoms with Crippen LogP contribution in [0.3, 0.4) is 0 Å². The summed E-state index contributed by atoms with van der Waals surface area (Å²) >= 11 is 0. The molecule has 0 rings (SSSR count). The minimum absolute atomic E-state index is 0. The van der Waals surface area contributed by atoms with Crippen LogP contribution in [0.2, 0.25) is 0 Å². The lowest BCUT2D eigenvalue weighted by Gasteiger charge is -2.04. The molecule has 0 aliphatic heterocycles. The lowest BCUT2D eigenvalue weighted by atomic mass is 10.2. The van der Waals surface area contributed by atoms with Gasteiger partial charge in [0.1, 0.15) is 12.6 Å². The van der Waals surface area contributed by atoms with Gasteiger partial charge in [0.15, 0.2) is 0 Å². The highest BCUT2D eigenvalue weighted by atomic mass is 35.5. The Kier molecular flexibility index (Phi) is 8.42. The molecule has 0 aromatic heterocycles. The van der Waals surface area contributed by atoms with E-state index < -0.39 is 18.0 Å². The molecular formula is C7H12ClNO4. The minimum Gasteiger partial charge on any atom is -0.480 e. The third kappa shape index (κ3) is 7.30. The van der Waals surface area contributed by atoms with Gasteiger partial charge in [-0.3, -0.25) is 9.59 Å². The Morgan fingerprint density at radius 2 is 2.15 bits per heavy atom. The van der Waals surface area contributed by atoms with E-state index in [2.05, 4.69) is 11.3 Å². The molecule has 0 heterocycles. The van der Waals surface area contributed by atoms with Crippen molar-refractivity contribution in [3.8, 4) is 0 Å². The number of ether oxygens (including phenoxy) is 1. The molecule has 0 radical (unpaired) electrons. The summed E-state index contributed by atoms with van der Waals surface area (Å²) in [6.45, 7) is 3.40. The number of carbonyl (C=O) groups is 2. The number of carboxylic acid groups (broad SMARTS) is 1. The molecule has 3 N–H and O–H groups in total. The van der Waals surface area contributed by atoms with Gasteiger partial charge in [0.05, 0.1) is 6.42 Å². The Hall–Kier alpha value is -1.07. The summed E-state index contributed by atoms with van der Waals surface area (Å²) in [5, 5.41) is 8.30. The fraction of sp³-hybridized carbons (Fsp3) is 0.429. The van der Waals surface area contributed by atoms with Crippen LogP contribution in [0, 0.1) is 0 Å². The smallest absolute Gasteiger partial charge is 0.321 e. The van der Waals surface area contributed by atoms with Crippen LogP contribution in [-0.2, 0) is 14.3 Å². The molecule has 0 saturated heterocycles. The molecule has 0 aliphatic rings. The highest BCUT2D eigenvalue weighted by molar-refractivity contribution is 5.85. The van der Waals surface area contributed by atoms with Gasteiger partial charge < -0.3 is 15.6 Å². The summed E-state index contributed by atoms with van der Waals surface area (Å²) in [6.07, 6.45) is 1.08. The molecule has 76 valence electrons. The predicted octanol–water partition coefficient (Wildman–Crippen LogP) is -0.0606. The van der Waals surface area contributed by atoms with Gasteiger partial charge in [0.25, 0.3) is 0 Å². The molecule has 0 fully saturated rings. The van der Waals surface area contributed by atoms with Gasteiger partial charge >= 0.3 is 11.9 Å². The Morgan fingerprint density at radius 1 is 1.62 bits per heavy atom. The number of carboxylic acids is 1. The van der Waals surface area contributed by atoms with E-state index in [1.165, 1.54) is 6.08 Å². The zero-order valence-corrected chi connectivity index (χ0v) is 7.75. The maximum atomic E-state index is 10.7. The zero-order chi connectivity index (χ0) is 9.56. The number of carbonyl (C=O) groups excluding carboxylic acids is 1. The van der Waals surface area contributed by atoms with Crippen LogP contribution < -0.4 is 5.73 Å². The van der Waals surface area contributed by atoms with Gasteiger partial charge in [-0.05, 0) is 0 Å². The van der Waals surface area contributed by atoms with E-state index in [4.69, 9.17) is 10.8 Å². The Bertz CT molecular complexity index is 195. The molecule has 1 atom stereocenters. The number of hydrogen-bond donors (Lipinski definition) is 2. The number of rotatable bonds is 5. The summed E-state index contributed by atoms with van der Waals surface area (Å²) in [7, 11) is 0. The van der Waals surface area contributed by atoms with Crippen LogP contribution in [0.1, 0.15) is 6.42 Å². The zero-order valence-electron chi connectivity index (χ0n) is 6.93. The summed E-state index contributed by atoms with van der Waals surface area (Å²) in [5.74, 6) is -1.85. The maximum Gasteiger partial charge on any atom is 0.321 e. The Morgan fingerprint density at radius 3 is 2.54 bits per heavy atom. The molecule has 13 heavy (non-hydrogen) atoms. The number of aliphatic carboxylic acids is 1. The second-order valence-corrected chi connectivity index (χ2v) is 2.12. The lowest BCUT2D eigenvalue weighted by molar-refractivity contribution is -0.148. The van der Waals surface area contributed by atoms with E-state index in [0.29, 0.717) is 0 Å². The van der Waals surface area contributed by atoms with Crippen molar-refractivity contribution in [1.29, 1.82) is 0 Å². The number of hydrogen-bond acceptors (Lipinski definition) is 4. The Labute approximate surface area is 82.0 Å². The monoisotopic (exact) mass is 209 g/mol. The fourth-order valence-electron chi connectivity index (χ4n) is 0.478. The van der Waals surface area contributed by atoms with Crippen molar-refractivity contribution in [1.82, 2.24) is 0 Å². The molecule has 0 aromatic rings. The fourth-order valence-corrected chi connectivity index (χ4v) is 0.478. The van der Waals surface area contributed by atoms with Crippen LogP contribution in [0.5, 0.6) is 0 Å². The van der Waals surface area contributed by atoms with E-state index in [9.17, 15) is 9.59 Å². The third-order valence-corrected chi connectivity index (χ3v) is 1.07. The molecule has 6 heteroatoms. The number of nitrogens with two attached hydrogens (primary N) is 1. The molecule has 1 unspecified atom stereocenters. The van der Waals surface area contributed by atoms with Crippen LogP contribution in [-0.4, -0.2) is 29.7 Å². The van der Waals surface area contributed by atoms with Crippen molar-refractivity contribution in [2.75, 3.05) is 6.61 Å². The summed E-state index contributed by atoms with van der Waals surface area (Å²) < 4.78 is 4.51. The molecule has 0 aromatic carbocycles. The number of halogens is 1. The van der Waals surface area contributed by atoms with Crippen molar-refractivity contribution in [2.45, 2.75) is 12.5 Å². The highest BCUT2D eigenvalue weighted by Crippen LogP contribution is 1.92. The van der Waals surface area contributed by atoms with Crippen molar-refractivity contribution in [3.63, 3.8) is 0 Å². The first-order chi connectivity index (χ1) is 5.57. The second-order valence-electron chi connectivity index (χ2n) is 2.12. The molecule has 0 bridgehead atoms. The van der Waals surface area contributed by atoms with E-state index in [1.807, 2.05) is 0 Å². The third-order valence-electron chi connectivity index (χ3n) is 1.07. The van der Waals surface area contributed by atoms with E-state index in [-0.39, 0.29) is 25.4 Å². The summed E-state index contributed by atoms with van der Waals surface area (Å²) in [4.78, 5) is 20.9. The van der Waals surface area contributed by atoms with Crippen molar-refractivity contribution in [3.05, 3.63) is 12.7 Å². The quantitative estimate of drug-likeness (QED) is 0.489. The van der Waals surface area contributed by atoms with E-state index in [1.54, 1.807) is 0 Å². The van der Waals surface area contributed by atoms with Crippen LogP contribution in [0.15, 0.2) is 12.7 Å². The topological polar surface area (TPSA) is 89.6 Å². The first kappa shape index (κ1) is 14.5. The van der Waals surface area contributed by atoms with Crippen LogP contribution >= 0.6 is 12.4 Å². The van der Waals surface area contributed by atoms with E-state index in [0.717, 1.165) is 0 Å². The lowest BCUT2D eigenvalue weighted by Crippen LogP contribution is -2.33. The van der Waals surface area contributed by atoms with Crippen molar-refractivity contribution < 1.29 is 19.4 Å². The van der Waals surface area contributed by atoms with Crippen LogP contribution in [0.25, 0.3) is 0 Å². The van der Waals surface area contributed by atoms with Gasteiger partial charge in [-0.15, -0.1) is 12.4 Å². The van der Waals surface area contributed by atoms with Gasteiger partial charge in [-0.2, -0.15) is 0 Å². The first-order valence-corrected chi connectivity index (χ1v) is 3.32. The average molecular weight is 210 g/mol. The second kappa shape index (κ2) is 7.57. The molecule has 5 nitrogen and oxygen atoms in total. The molecule has 0 saturated carbocycles. The Balaban J connectivity index is 0. The summed E-state index contributed by atoms with van der Waals surface area (Å²) in [6, 6.07) is -1.19. The summed E-state index contributed by atoms with van der Waals surface area (Å²) in [5.41, 5.74) is 5.06. The number of esters is 1. The average Bonchev–Trinajstić information content (AvgIpc) is 2.00. The van der Waals surface area contributed by atoms with Gasteiger partial charge in [0, 0.05) is 0 Å². The first-order valence-electron chi connectivity index (χ1n) is 3.32. The predicted molar refractivity (Wildman–Crippen MR) is 48.6 cm³/mol. The maximum absolute atomic E-state index is 10.7. The molecular weight excluding hydrogens is 198 g/mol. The molecule has 0 amide bonds. The normalized spacial score (nSPS) is 10.8. The van der Waals surface area contributed by atoms with Gasteiger partial charge in [-0.25, -0.2) is 0 Å². The highest BCUT2D eigenvalue weighted by Gasteiger charge is 2.16. The standard InChI is InChI=1S/C7H11NO4.ClH/c1-2-3-12-6(9)4-5(8)7(10)11;/h2,5H,1,3-4,8H2,(H,10,11);1H. The molecule has 0 spiro atoms. The minimum atomic E-state index is -1.22. The molecule has 0 aliphatic carbocycles. The van der Waals surface area contributed by atoms with Crippen molar-refractivity contribution >= 4 is 24.3 Å². The van der Waals surface area contributed by atoms with Crippen LogP contribution in [0.4, 0.5) is 0 Å². The van der Waals surface area contributed by atoms with E-state index >= 15 is 0 Å². The van der Waals surface area contributed by atoms with Gasteiger partial charge in [-0.1, -0.05) is 12.7 Å². The largest absolute Gasteiger partial charge is 0.480 e. The SMILES string of the molecule is C=CCOC(=O)CC(N)C(=O)O.Cl. The van der Waals surface area contributed by atoms with Crippen molar-refractivity contribution in [2.24, 2.45) is 5.73 Å². The van der Waals surface area contributed by atoms with Gasteiger partial charge in [0.2, 0.25) is 0 Å².